The van der Waals surface area contributed by atoms with Gasteiger partial charge >= 0.3 is 0 Å². The number of nitrogens with one attached hydrogen (secondary N) is 1. The van der Waals surface area contributed by atoms with E-state index in [-0.39, 0.29) is 5.60 Å². The van der Waals surface area contributed by atoms with Gasteiger partial charge in [0.1, 0.15) is 0 Å². The molecule has 17 heavy (non-hydrogen) atoms. The van der Waals surface area contributed by atoms with Crippen molar-refractivity contribution in [1.82, 2.24) is 0 Å². The molecule has 0 spiro atoms. The third-order valence-electron chi connectivity index (χ3n) is 3.26. The third-order valence-corrected chi connectivity index (χ3v) is 3.26. The summed E-state index contributed by atoms with van der Waals surface area (Å²) in [6, 6.07) is 4.44. The van der Waals surface area contributed by atoms with E-state index in [4.69, 9.17) is 4.74 Å². The SMILES string of the molecule is COC(C)(C)CCNc1c(C)cc(C)cc1C. The lowest BCUT2D eigenvalue weighted by atomic mass is 10.0. The van der Waals surface area contributed by atoms with Gasteiger partial charge in [0, 0.05) is 19.3 Å². The number of anilines is 1. The van der Waals surface area contributed by atoms with Gasteiger partial charge in [-0.25, -0.2) is 0 Å². The van der Waals surface area contributed by atoms with Crippen molar-refractivity contribution in [3.05, 3.63) is 28.8 Å². The van der Waals surface area contributed by atoms with E-state index in [2.05, 4.69) is 52.1 Å². The van der Waals surface area contributed by atoms with Crippen LogP contribution in [0.15, 0.2) is 12.1 Å². The van der Waals surface area contributed by atoms with Gasteiger partial charge in [-0.2, -0.15) is 0 Å². The lowest BCUT2D eigenvalue weighted by Crippen LogP contribution is -2.26. The molecular weight excluding hydrogens is 210 g/mol. The molecule has 1 aromatic rings. The first-order valence-electron chi connectivity index (χ1n) is 6.22. The van der Waals surface area contributed by atoms with E-state index >= 15 is 0 Å². The second-order valence-corrected chi connectivity index (χ2v) is 5.41. The van der Waals surface area contributed by atoms with Crippen molar-refractivity contribution in [2.45, 2.75) is 46.6 Å². The molecule has 0 fully saturated rings. The van der Waals surface area contributed by atoms with E-state index in [1.165, 1.54) is 22.4 Å². The molecule has 0 aromatic heterocycles. The standard InChI is InChI=1S/C15H25NO/c1-11-9-12(2)14(13(3)10-11)16-8-7-15(4,5)17-6/h9-10,16H,7-8H2,1-6H3. The zero-order chi connectivity index (χ0) is 13.1. The minimum Gasteiger partial charge on any atom is -0.385 e. The summed E-state index contributed by atoms with van der Waals surface area (Å²) in [7, 11) is 1.77. The molecule has 0 unspecified atom stereocenters. The van der Waals surface area contributed by atoms with Crippen molar-refractivity contribution in [3.8, 4) is 0 Å². The van der Waals surface area contributed by atoms with Gasteiger partial charge in [0.05, 0.1) is 5.60 Å². The van der Waals surface area contributed by atoms with Crippen molar-refractivity contribution >= 4 is 5.69 Å². The number of methoxy groups -OCH3 is 1. The van der Waals surface area contributed by atoms with Gasteiger partial charge in [-0.1, -0.05) is 17.7 Å². The Balaban J connectivity index is 2.64. The highest BCUT2D eigenvalue weighted by molar-refractivity contribution is 5.58. The Morgan fingerprint density at radius 3 is 2.12 bits per heavy atom. The molecule has 0 radical (unpaired) electrons. The molecule has 0 amide bonds. The van der Waals surface area contributed by atoms with Crippen LogP contribution in [0.2, 0.25) is 0 Å². The van der Waals surface area contributed by atoms with Gasteiger partial charge < -0.3 is 10.1 Å². The first kappa shape index (κ1) is 14.0. The van der Waals surface area contributed by atoms with Gasteiger partial charge in [-0.05, 0) is 52.2 Å². The van der Waals surface area contributed by atoms with E-state index in [0.717, 1.165) is 13.0 Å². The quantitative estimate of drug-likeness (QED) is 0.837. The number of ether oxygens (including phenoxy) is 1. The minimum atomic E-state index is -0.0560. The largest absolute Gasteiger partial charge is 0.385 e. The summed E-state index contributed by atoms with van der Waals surface area (Å²) in [4.78, 5) is 0. The van der Waals surface area contributed by atoms with Gasteiger partial charge in [-0.15, -0.1) is 0 Å². The van der Waals surface area contributed by atoms with Crippen LogP contribution in [0, 0.1) is 20.8 Å². The molecule has 2 heteroatoms. The number of hydrogen-bond acceptors (Lipinski definition) is 2. The topological polar surface area (TPSA) is 21.3 Å². The monoisotopic (exact) mass is 235 g/mol. The van der Waals surface area contributed by atoms with Crippen LogP contribution in [0.4, 0.5) is 5.69 Å². The highest BCUT2D eigenvalue weighted by atomic mass is 16.5. The van der Waals surface area contributed by atoms with E-state index in [9.17, 15) is 0 Å². The lowest BCUT2D eigenvalue weighted by molar-refractivity contribution is 0.0185. The summed E-state index contributed by atoms with van der Waals surface area (Å²) in [6.07, 6.45) is 0.996. The zero-order valence-electron chi connectivity index (χ0n) is 12.0. The first-order chi connectivity index (χ1) is 7.85. The van der Waals surface area contributed by atoms with Crippen LogP contribution in [-0.2, 0) is 4.74 Å². The molecule has 0 aliphatic carbocycles. The Hall–Kier alpha value is -1.02. The van der Waals surface area contributed by atoms with Gasteiger partial charge in [0.25, 0.3) is 0 Å². The van der Waals surface area contributed by atoms with Crippen LogP contribution < -0.4 is 5.32 Å². The molecule has 1 aromatic carbocycles. The van der Waals surface area contributed by atoms with E-state index in [0.29, 0.717) is 0 Å². The Bertz CT molecular complexity index is 360. The molecule has 1 rings (SSSR count). The summed E-state index contributed by atoms with van der Waals surface area (Å²) in [5.41, 5.74) is 5.17. The van der Waals surface area contributed by atoms with Crippen molar-refractivity contribution < 1.29 is 4.74 Å². The molecule has 0 aliphatic heterocycles. The molecule has 0 heterocycles. The molecule has 2 nitrogen and oxygen atoms in total. The second kappa shape index (κ2) is 5.54. The van der Waals surface area contributed by atoms with Gasteiger partial charge in [0.15, 0.2) is 0 Å². The smallest absolute Gasteiger partial charge is 0.0639 e. The number of rotatable bonds is 5. The third kappa shape index (κ3) is 4.04. The molecule has 0 atom stereocenters. The highest BCUT2D eigenvalue weighted by Crippen LogP contribution is 2.22. The Labute approximate surface area is 105 Å². The highest BCUT2D eigenvalue weighted by Gasteiger charge is 2.15. The molecule has 0 aliphatic rings. The summed E-state index contributed by atoms with van der Waals surface area (Å²) >= 11 is 0. The molecule has 0 saturated heterocycles. The number of hydrogen-bond donors (Lipinski definition) is 1. The minimum absolute atomic E-state index is 0.0560. The Morgan fingerprint density at radius 1 is 1.12 bits per heavy atom. The van der Waals surface area contributed by atoms with Crippen molar-refractivity contribution in [2.24, 2.45) is 0 Å². The van der Waals surface area contributed by atoms with E-state index in [1.54, 1.807) is 7.11 Å². The average molecular weight is 235 g/mol. The van der Waals surface area contributed by atoms with Crippen LogP contribution in [-0.4, -0.2) is 19.3 Å². The fourth-order valence-electron chi connectivity index (χ4n) is 2.05. The van der Waals surface area contributed by atoms with Crippen molar-refractivity contribution in [3.63, 3.8) is 0 Å². The van der Waals surface area contributed by atoms with Crippen LogP contribution >= 0.6 is 0 Å². The molecule has 96 valence electrons. The Morgan fingerprint density at radius 2 is 1.65 bits per heavy atom. The van der Waals surface area contributed by atoms with Crippen molar-refractivity contribution in [2.75, 3.05) is 19.0 Å². The van der Waals surface area contributed by atoms with Crippen LogP contribution in [0.5, 0.6) is 0 Å². The summed E-state index contributed by atoms with van der Waals surface area (Å²) in [5, 5.41) is 3.52. The number of aryl methyl sites for hydroxylation is 3. The average Bonchev–Trinajstić information content (AvgIpc) is 2.22. The maximum Gasteiger partial charge on any atom is 0.0639 e. The zero-order valence-corrected chi connectivity index (χ0v) is 12.0. The number of benzene rings is 1. The normalized spacial score (nSPS) is 11.6. The molecule has 1 N–H and O–H groups in total. The summed E-state index contributed by atoms with van der Waals surface area (Å²) in [5.74, 6) is 0. The van der Waals surface area contributed by atoms with Crippen molar-refractivity contribution in [1.29, 1.82) is 0 Å². The fraction of sp³-hybridized carbons (Fsp3) is 0.600. The Kier molecular flexibility index (Phi) is 4.58. The van der Waals surface area contributed by atoms with Crippen LogP contribution in [0.3, 0.4) is 0 Å². The van der Waals surface area contributed by atoms with E-state index in [1.807, 2.05) is 0 Å². The van der Waals surface area contributed by atoms with Crippen LogP contribution in [0.1, 0.15) is 37.0 Å². The molecule has 0 saturated carbocycles. The molecular formula is C15H25NO. The lowest BCUT2D eigenvalue weighted by Gasteiger charge is -2.24. The predicted octanol–water partition coefficient (Wildman–Crippen LogP) is 3.84. The predicted molar refractivity (Wildman–Crippen MR) is 74.8 cm³/mol. The maximum absolute atomic E-state index is 5.42. The summed E-state index contributed by atoms with van der Waals surface area (Å²) < 4.78 is 5.42. The molecule has 0 bridgehead atoms. The summed E-state index contributed by atoms with van der Waals surface area (Å²) in [6.45, 7) is 11.6. The van der Waals surface area contributed by atoms with E-state index < -0.39 is 0 Å². The van der Waals surface area contributed by atoms with Gasteiger partial charge in [-0.3, -0.25) is 0 Å². The van der Waals surface area contributed by atoms with Gasteiger partial charge in [0.2, 0.25) is 0 Å². The second-order valence-electron chi connectivity index (χ2n) is 5.41. The van der Waals surface area contributed by atoms with Crippen LogP contribution in [0.25, 0.3) is 0 Å². The first-order valence-corrected chi connectivity index (χ1v) is 6.22. The fourth-order valence-corrected chi connectivity index (χ4v) is 2.05. The maximum atomic E-state index is 5.42.